The van der Waals surface area contributed by atoms with E-state index in [-0.39, 0.29) is 18.4 Å². The van der Waals surface area contributed by atoms with Gasteiger partial charge in [0.25, 0.3) is 5.91 Å². The van der Waals surface area contributed by atoms with Crippen LogP contribution in [0.2, 0.25) is 0 Å². The van der Waals surface area contributed by atoms with Crippen LogP contribution in [0, 0.1) is 12.8 Å². The van der Waals surface area contributed by atoms with Gasteiger partial charge in [-0.25, -0.2) is 0 Å². The van der Waals surface area contributed by atoms with Crippen LogP contribution >= 0.6 is 15.9 Å². The summed E-state index contributed by atoms with van der Waals surface area (Å²) < 4.78 is 12.0. The molecule has 2 rings (SSSR count). The monoisotopic (exact) mass is 504 g/mol. The first-order chi connectivity index (χ1) is 15.2. The fourth-order valence-electron chi connectivity index (χ4n) is 3.20. The molecule has 1 N–H and O–H groups in total. The van der Waals surface area contributed by atoms with Crippen molar-refractivity contribution >= 4 is 27.7 Å². The van der Waals surface area contributed by atoms with Gasteiger partial charge in [-0.05, 0) is 60.7 Å². The Morgan fingerprint density at radius 3 is 2.31 bits per heavy atom. The number of halogens is 1. The van der Waals surface area contributed by atoms with E-state index < -0.39 is 6.04 Å². The van der Waals surface area contributed by atoms with E-state index in [0.29, 0.717) is 31.2 Å². The quantitative estimate of drug-likeness (QED) is 0.480. The fraction of sp³-hybridized carbons (Fsp3) is 0.440. The molecule has 0 bridgehead atoms. The molecule has 2 aromatic carbocycles. The predicted octanol–water partition coefficient (Wildman–Crippen LogP) is 4.72. The molecule has 7 heteroatoms. The maximum absolute atomic E-state index is 13.2. The molecule has 2 amide bonds. The van der Waals surface area contributed by atoms with Crippen LogP contribution < -0.4 is 14.8 Å². The van der Waals surface area contributed by atoms with Crippen LogP contribution in [0.15, 0.2) is 46.9 Å². The lowest BCUT2D eigenvalue weighted by Gasteiger charge is -2.31. The van der Waals surface area contributed by atoms with Crippen LogP contribution in [0.3, 0.4) is 0 Å². The lowest BCUT2D eigenvalue weighted by Crippen LogP contribution is -2.50. The number of benzene rings is 2. The van der Waals surface area contributed by atoms with Gasteiger partial charge in [-0.3, -0.25) is 9.59 Å². The van der Waals surface area contributed by atoms with Crippen molar-refractivity contribution in [1.82, 2.24) is 10.2 Å². The molecule has 2 aromatic rings. The van der Waals surface area contributed by atoms with Crippen LogP contribution in [0.25, 0.3) is 0 Å². The minimum absolute atomic E-state index is 0.148. The summed E-state index contributed by atoms with van der Waals surface area (Å²) in [4.78, 5) is 27.7. The van der Waals surface area contributed by atoms with Crippen LogP contribution in [0.4, 0.5) is 0 Å². The molecule has 0 aliphatic carbocycles. The Hall–Kier alpha value is -2.54. The van der Waals surface area contributed by atoms with Gasteiger partial charge in [0.15, 0.2) is 6.61 Å². The Morgan fingerprint density at radius 2 is 1.75 bits per heavy atom. The number of hydrogen-bond donors (Lipinski definition) is 1. The Labute approximate surface area is 199 Å². The van der Waals surface area contributed by atoms with Crippen LogP contribution in [0.1, 0.15) is 38.3 Å². The molecule has 0 aliphatic heterocycles. The smallest absolute Gasteiger partial charge is 0.261 e. The predicted molar refractivity (Wildman–Crippen MR) is 130 cm³/mol. The van der Waals surface area contributed by atoms with E-state index in [9.17, 15) is 9.59 Å². The molecule has 0 radical (unpaired) electrons. The number of aryl methyl sites for hydroxylation is 1. The molecule has 0 spiro atoms. The summed E-state index contributed by atoms with van der Waals surface area (Å²) in [5.41, 5.74) is 1.93. The molecule has 0 aromatic heterocycles. The normalized spacial score (nSPS) is 11.7. The number of carbonyl (C=O) groups is 2. The van der Waals surface area contributed by atoms with E-state index in [1.54, 1.807) is 12.0 Å². The molecule has 0 saturated heterocycles. The molecule has 6 nitrogen and oxygen atoms in total. The van der Waals surface area contributed by atoms with E-state index >= 15 is 0 Å². The largest absolute Gasteiger partial charge is 0.497 e. The van der Waals surface area contributed by atoms with Gasteiger partial charge in [-0.2, -0.15) is 0 Å². The summed E-state index contributed by atoms with van der Waals surface area (Å²) >= 11 is 3.46. The van der Waals surface area contributed by atoms with Crippen LogP contribution in [-0.2, 0) is 16.1 Å². The third-order valence-corrected chi connectivity index (χ3v) is 5.96. The van der Waals surface area contributed by atoms with Gasteiger partial charge < -0.3 is 19.7 Å². The highest BCUT2D eigenvalue weighted by Gasteiger charge is 2.29. The van der Waals surface area contributed by atoms with Crippen molar-refractivity contribution in [3.05, 3.63) is 58.1 Å². The molecule has 0 unspecified atom stereocenters. The van der Waals surface area contributed by atoms with Crippen molar-refractivity contribution in [2.75, 3.05) is 20.3 Å². The zero-order valence-electron chi connectivity index (χ0n) is 19.5. The van der Waals surface area contributed by atoms with Crippen molar-refractivity contribution < 1.29 is 19.1 Å². The topological polar surface area (TPSA) is 67.9 Å². The molecule has 32 heavy (non-hydrogen) atoms. The fourth-order valence-corrected chi connectivity index (χ4v) is 3.45. The number of hydrogen-bond acceptors (Lipinski definition) is 4. The number of rotatable bonds is 11. The second-order valence-electron chi connectivity index (χ2n) is 8.13. The number of methoxy groups -OCH3 is 1. The van der Waals surface area contributed by atoms with Crippen molar-refractivity contribution in [1.29, 1.82) is 0 Å². The van der Waals surface area contributed by atoms with E-state index in [2.05, 4.69) is 21.2 Å². The Morgan fingerprint density at radius 1 is 1.09 bits per heavy atom. The van der Waals surface area contributed by atoms with Gasteiger partial charge in [-0.15, -0.1) is 0 Å². The minimum Gasteiger partial charge on any atom is -0.497 e. The van der Waals surface area contributed by atoms with E-state index in [1.165, 1.54) is 0 Å². The lowest BCUT2D eigenvalue weighted by atomic mass is 10.1. The number of nitrogens with zero attached hydrogens (tertiary/aromatic N) is 1. The number of amides is 2. The highest BCUT2D eigenvalue weighted by Crippen LogP contribution is 2.22. The zero-order valence-corrected chi connectivity index (χ0v) is 21.1. The van der Waals surface area contributed by atoms with E-state index in [1.807, 2.05) is 70.2 Å². The van der Waals surface area contributed by atoms with Gasteiger partial charge in [-0.1, -0.05) is 48.8 Å². The van der Waals surface area contributed by atoms with Crippen molar-refractivity contribution in [3.63, 3.8) is 0 Å². The second-order valence-corrected chi connectivity index (χ2v) is 8.99. The third-order valence-electron chi connectivity index (χ3n) is 5.07. The highest BCUT2D eigenvalue weighted by atomic mass is 79.9. The molecule has 1 atom stereocenters. The van der Waals surface area contributed by atoms with Gasteiger partial charge in [0.05, 0.1) is 7.11 Å². The maximum atomic E-state index is 13.2. The summed E-state index contributed by atoms with van der Waals surface area (Å²) in [5.74, 6) is 1.28. The molecule has 0 fully saturated rings. The summed E-state index contributed by atoms with van der Waals surface area (Å²) in [6.07, 6.45) is 0.503. The standard InChI is InChI=1S/C25H33BrN2O4/c1-6-23(25(30)27-14-17(2)3)28(15-19-7-9-20(31-5)10-8-19)24(29)16-32-21-11-12-22(26)18(4)13-21/h7-13,17,23H,6,14-16H2,1-5H3,(H,27,30)/t23-/m0/s1. The molecule has 174 valence electrons. The maximum Gasteiger partial charge on any atom is 0.261 e. The van der Waals surface area contributed by atoms with Gasteiger partial charge in [0, 0.05) is 17.6 Å². The van der Waals surface area contributed by atoms with Crippen LogP contribution in [0.5, 0.6) is 11.5 Å². The van der Waals surface area contributed by atoms with Crippen molar-refractivity contribution in [2.45, 2.75) is 46.7 Å². The lowest BCUT2D eigenvalue weighted by molar-refractivity contribution is -0.143. The molecular weight excluding hydrogens is 472 g/mol. The number of ether oxygens (including phenoxy) is 2. The van der Waals surface area contributed by atoms with Crippen molar-refractivity contribution in [3.8, 4) is 11.5 Å². The van der Waals surface area contributed by atoms with Gasteiger partial charge in [0.1, 0.15) is 17.5 Å². The van der Waals surface area contributed by atoms with Gasteiger partial charge >= 0.3 is 0 Å². The van der Waals surface area contributed by atoms with Crippen molar-refractivity contribution in [2.24, 2.45) is 5.92 Å². The zero-order chi connectivity index (χ0) is 23.7. The highest BCUT2D eigenvalue weighted by molar-refractivity contribution is 9.10. The molecule has 0 aliphatic rings. The first-order valence-corrected chi connectivity index (χ1v) is 11.6. The average Bonchev–Trinajstić information content (AvgIpc) is 2.78. The Balaban J connectivity index is 2.20. The van der Waals surface area contributed by atoms with E-state index in [0.717, 1.165) is 21.3 Å². The van der Waals surface area contributed by atoms with Crippen LogP contribution in [-0.4, -0.2) is 43.0 Å². The SMILES string of the molecule is CC[C@@H](C(=O)NCC(C)C)N(Cc1ccc(OC)cc1)C(=O)COc1ccc(Br)c(C)c1. The molecule has 0 heterocycles. The second kappa shape index (κ2) is 12.5. The number of carbonyl (C=O) groups excluding carboxylic acids is 2. The van der Waals surface area contributed by atoms with E-state index in [4.69, 9.17) is 9.47 Å². The average molecular weight is 505 g/mol. The summed E-state index contributed by atoms with van der Waals surface area (Å²) in [7, 11) is 1.61. The molecule has 0 saturated carbocycles. The molecular formula is C25H33BrN2O4. The Kier molecular flexibility index (Phi) is 10.0. The third kappa shape index (κ3) is 7.55. The first kappa shape index (κ1) is 25.7. The summed E-state index contributed by atoms with van der Waals surface area (Å²) in [6, 6.07) is 12.5. The Bertz CT molecular complexity index is 899. The first-order valence-electron chi connectivity index (χ1n) is 10.8. The summed E-state index contributed by atoms with van der Waals surface area (Å²) in [6.45, 7) is 8.66. The van der Waals surface area contributed by atoms with Gasteiger partial charge in [0.2, 0.25) is 5.91 Å². The summed E-state index contributed by atoms with van der Waals surface area (Å²) in [5, 5.41) is 2.96. The number of nitrogens with one attached hydrogen (secondary N) is 1. The minimum atomic E-state index is -0.585.